The summed E-state index contributed by atoms with van der Waals surface area (Å²) in [5.74, 6) is 0. The number of ether oxygens (including phenoxy) is 2. The number of nitriles is 2. The molecule has 0 radical (unpaired) electrons. The number of nitrogens with zero attached hydrogens (tertiary/aromatic N) is 2. The lowest BCUT2D eigenvalue weighted by molar-refractivity contribution is -0.0143. The van der Waals surface area contributed by atoms with Gasteiger partial charge in [-0.15, -0.1) is 0 Å². The van der Waals surface area contributed by atoms with Crippen molar-refractivity contribution in [2.24, 2.45) is 0 Å². The number of rotatable bonds is 2. The van der Waals surface area contributed by atoms with E-state index in [9.17, 15) is 0 Å². The van der Waals surface area contributed by atoms with E-state index in [2.05, 4.69) is 0 Å². The Balaban J connectivity index is 2.27. The van der Waals surface area contributed by atoms with Gasteiger partial charge in [0.05, 0.1) is 12.2 Å². The van der Waals surface area contributed by atoms with Gasteiger partial charge in [-0.2, -0.15) is 10.5 Å². The summed E-state index contributed by atoms with van der Waals surface area (Å²) in [7, 11) is 0. The Morgan fingerprint density at radius 2 is 2.25 bits per heavy atom. The molecule has 2 aliphatic rings. The van der Waals surface area contributed by atoms with Crippen LogP contribution in [0.4, 0.5) is 0 Å². The molecule has 2 heterocycles. The first-order valence-electron chi connectivity index (χ1n) is 5.60. The van der Waals surface area contributed by atoms with Crippen LogP contribution in [0.3, 0.4) is 0 Å². The molecule has 3 atom stereocenters. The van der Waals surface area contributed by atoms with E-state index < -0.39 is 0 Å². The highest BCUT2D eigenvalue weighted by molar-refractivity contribution is 5.43. The van der Waals surface area contributed by atoms with Crippen LogP contribution in [0.5, 0.6) is 0 Å². The predicted molar refractivity (Wildman–Crippen MR) is 56.2 cm³/mol. The lowest BCUT2D eigenvalue weighted by atomic mass is 9.97. The minimum absolute atomic E-state index is 0.0178. The molecule has 0 N–H and O–H groups in total. The molecule has 0 aromatic rings. The summed E-state index contributed by atoms with van der Waals surface area (Å²) in [6.45, 7) is 2.58. The minimum atomic E-state index is -0.173. The summed E-state index contributed by atoms with van der Waals surface area (Å²) in [5.41, 5.74) is 1.03. The summed E-state index contributed by atoms with van der Waals surface area (Å²) < 4.78 is 11.4. The van der Waals surface area contributed by atoms with E-state index in [1.165, 1.54) is 0 Å². The lowest BCUT2D eigenvalue weighted by Crippen LogP contribution is -2.29. The first kappa shape index (κ1) is 11.1. The van der Waals surface area contributed by atoms with Gasteiger partial charge in [0.2, 0.25) is 0 Å². The molecule has 0 aliphatic carbocycles. The van der Waals surface area contributed by atoms with Crippen LogP contribution < -0.4 is 0 Å². The molecule has 2 aliphatic heterocycles. The van der Waals surface area contributed by atoms with Crippen molar-refractivity contribution in [1.29, 1.82) is 10.5 Å². The molecule has 16 heavy (non-hydrogen) atoms. The second-order valence-corrected chi connectivity index (χ2v) is 4.07. The number of allylic oxidation sites excluding steroid dienone is 1. The van der Waals surface area contributed by atoms with Gasteiger partial charge < -0.3 is 9.47 Å². The molecule has 0 aromatic heterocycles. The summed E-state index contributed by atoms with van der Waals surface area (Å²) in [6.07, 6.45) is 2.64. The Morgan fingerprint density at radius 3 is 2.88 bits per heavy atom. The van der Waals surface area contributed by atoms with E-state index in [1.54, 1.807) is 0 Å². The fraction of sp³-hybridized carbons (Fsp3) is 0.667. The molecule has 2 fully saturated rings. The van der Waals surface area contributed by atoms with Crippen LogP contribution in [0.2, 0.25) is 0 Å². The molecular weight excluding hydrogens is 204 g/mol. The fourth-order valence-electron chi connectivity index (χ4n) is 2.49. The van der Waals surface area contributed by atoms with Gasteiger partial charge in [0.25, 0.3) is 0 Å². The first-order chi connectivity index (χ1) is 7.80. The zero-order valence-electron chi connectivity index (χ0n) is 9.27. The van der Waals surface area contributed by atoms with E-state index in [1.807, 2.05) is 19.1 Å². The molecule has 4 heteroatoms. The molecular formula is C12H14N2O2. The Labute approximate surface area is 95.1 Å². The zero-order valence-corrected chi connectivity index (χ0v) is 9.27. The molecule has 2 rings (SSSR count). The van der Waals surface area contributed by atoms with Crippen molar-refractivity contribution in [3.63, 3.8) is 0 Å². The molecule has 84 valence electrons. The normalized spacial score (nSPS) is 31.9. The van der Waals surface area contributed by atoms with Crippen LogP contribution in [-0.4, -0.2) is 24.9 Å². The SMILES string of the molecule is CCO[C@H]1C[C@@H]2CCC(=C(C#N)C#N)[C@H]1O2. The van der Waals surface area contributed by atoms with Gasteiger partial charge in [0, 0.05) is 13.0 Å². The van der Waals surface area contributed by atoms with Crippen LogP contribution in [0.15, 0.2) is 11.1 Å². The Bertz CT molecular complexity index is 373. The van der Waals surface area contributed by atoms with E-state index in [0.29, 0.717) is 6.61 Å². The van der Waals surface area contributed by atoms with Gasteiger partial charge in [-0.3, -0.25) is 0 Å². The molecule has 2 saturated heterocycles. The fourth-order valence-corrected chi connectivity index (χ4v) is 2.49. The standard InChI is InChI=1S/C12H14N2O2/c1-2-15-11-5-9-3-4-10(12(11)16-9)8(6-13)7-14/h9,11-12H,2-5H2,1H3/t9-,11-,12+/m0/s1. The summed E-state index contributed by atoms with van der Waals surface area (Å²) in [5, 5.41) is 17.8. The van der Waals surface area contributed by atoms with E-state index in [4.69, 9.17) is 20.0 Å². The zero-order chi connectivity index (χ0) is 11.5. The van der Waals surface area contributed by atoms with Crippen LogP contribution in [-0.2, 0) is 9.47 Å². The topological polar surface area (TPSA) is 66.0 Å². The monoisotopic (exact) mass is 218 g/mol. The molecule has 2 bridgehead atoms. The van der Waals surface area contributed by atoms with Crippen molar-refractivity contribution < 1.29 is 9.47 Å². The Hall–Kier alpha value is -1.36. The molecule has 0 saturated carbocycles. The number of hydrogen-bond donors (Lipinski definition) is 0. The number of hydrogen-bond acceptors (Lipinski definition) is 4. The van der Waals surface area contributed by atoms with E-state index in [0.717, 1.165) is 24.8 Å². The maximum Gasteiger partial charge on any atom is 0.131 e. The highest BCUT2D eigenvalue weighted by Gasteiger charge is 2.42. The third-order valence-corrected chi connectivity index (χ3v) is 3.18. The largest absolute Gasteiger partial charge is 0.375 e. The van der Waals surface area contributed by atoms with Crippen molar-refractivity contribution >= 4 is 0 Å². The second-order valence-electron chi connectivity index (χ2n) is 4.07. The van der Waals surface area contributed by atoms with Crippen molar-refractivity contribution in [2.75, 3.05) is 6.61 Å². The summed E-state index contributed by atoms with van der Waals surface area (Å²) in [6, 6.07) is 3.90. The van der Waals surface area contributed by atoms with Crippen LogP contribution in [0, 0.1) is 22.7 Å². The number of fused-ring (bicyclic) bond motifs is 2. The van der Waals surface area contributed by atoms with Gasteiger partial charge in [0.1, 0.15) is 23.8 Å². The highest BCUT2D eigenvalue weighted by Crippen LogP contribution is 2.38. The van der Waals surface area contributed by atoms with Crippen molar-refractivity contribution in [3.8, 4) is 12.1 Å². The Morgan fingerprint density at radius 1 is 1.50 bits per heavy atom. The van der Waals surface area contributed by atoms with Crippen molar-refractivity contribution in [1.82, 2.24) is 0 Å². The lowest BCUT2D eigenvalue weighted by Gasteiger charge is -2.25. The second kappa shape index (κ2) is 4.65. The average molecular weight is 218 g/mol. The van der Waals surface area contributed by atoms with Crippen molar-refractivity contribution in [2.45, 2.75) is 44.5 Å². The first-order valence-corrected chi connectivity index (χ1v) is 5.60. The van der Waals surface area contributed by atoms with Crippen molar-refractivity contribution in [3.05, 3.63) is 11.1 Å². The maximum atomic E-state index is 8.89. The average Bonchev–Trinajstić information content (AvgIpc) is 2.61. The van der Waals surface area contributed by atoms with Gasteiger partial charge in [-0.05, 0) is 25.3 Å². The van der Waals surface area contributed by atoms with Gasteiger partial charge in [0.15, 0.2) is 0 Å². The molecule has 0 spiro atoms. The van der Waals surface area contributed by atoms with Crippen LogP contribution in [0.25, 0.3) is 0 Å². The maximum absolute atomic E-state index is 8.89. The van der Waals surface area contributed by atoms with Gasteiger partial charge in [-0.25, -0.2) is 0 Å². The van der Waals surface area contributed by atoms with Crippen LogP contribution >= 0.6 is 0 Å². The third-order valence-electron chi connectivity index (χ3n) is 3.18. The van der Waals surface area contributed by atoms with Crippen LogP contribution in [0.1, 0.15) is 26.2 Å². The summed E-state index contributed by atoms with van der Waals surface area (Å²) in [4.78, 5) is 0. The molecule has 0 unspecified atom stereocenters. The Kier molecular flexibility index (Phi) is 3.24. The summed E-state index contributed by atoms with van der Waals surface area (Å²) >= 11 is 0. The van der Waals surface area contributed by atoms with Gasteiger partial charge in [-0.1, -0.05) is 0 Å². The molecule has 0 amide bonds. The predicted octanol–water partition coefficient (Wildman–Crippen LogP) is 1.69. The van der Waals surface area contributed by atoms with Gasteiger partial charge >= 0.3 is 0 Å². The smallest absolute Gasteiger partial charge is 0.131 e. The highest BCUT2D eigenvalue weighted by atomic mass is 16.6. The minimum Gasteiger partial charge on any atom is -0.375 e. The molecule has 4 nitrogen and oxygen atoms in total. The molecule has 0 aromatic carbocycles. The third kappa shape index (κ3) is 1.82. The van der Waals surface area contributed by atoms with E-state index >= 15 is 0 Å². The van der Waals surface area contributed by atoms with E-state index in [-0.39, 0.29) is 23.9 Å². The quantitative estimate of drug-likeness (QED) is 0.661.